The fraction of sp³-hybridized carbons (Fsp3) is 0.450. The molecule has 124 valence electrons. The molecule has 0 unspecified atom stereocenters. The van der Waals surface area contributed by atoms with Crippen LogP contribution in [0.4, 0.5) is 5.69 Å². The Kier molecular flexibility index (Phi) is 2.82. The Bertz CT molecular complexity index is 810. The first kappa shape index (κ1) is 14.3. The first-order valence-electron chi connectivity index (χ1n) is 8.82. The Morgan fingerprint density at radius 2 is 2.21 bits per heavy atom. The lowest BCUT2D eigenvalue weighted by atomic mass is 9.60. The van der Waals surface area contributed by atoms with Gasteiger partial charge in [0.1, 0.15) is 0 Å². The van der Waals surface area contributed by atoms with Crippen LogP contribution in [0, 0.1) is 5.92 Å². The zero-order chi connectivity index (χ0) is 16.5. The third kappa shape index (κ3) is 1.46. The van der Waals surface area contributed by atoms with E-state index < -0.39 is 0 Å². The highest BCUT2D eigenvalue weighted by Crippen LogP contribution is 2.61. The third-order valence-electron chi connectivity index (χ3n) is 6.52. The van der Waals surface area contributed by atoms with E-state index in [1.165, 1.54) is 18.2 Å². The van der Waals surface area contributed by atoms with Crippen LogP contribution in [0.15, 0.2) is 47.2 Å². The summed E-state index contributed by atoms with van der Waals surface area (Å²) in [6.07, 6.45) is 4.30. The normalized spacial score (nSPS) is 34.8. The summed E-state index contributed by atoms with van der Waals surface area (Å²) < 4.78 is 5.21. The van der Waals surface area contributed by atoms with Gasteiger partial charge in [-0.05, 0) is 43.5 Å². The Morgan fingerprint density at radius 3 is 3.00 bits per heavy atom. The van der Waals surface area contributed by atoms with Crippen molar-refractivity contribution in [2.45, 2.75) is 31.2 Å². The maximum Gasteiger partial charge on any atom is 0.336 e. The van der Waals surface area contributed by atoms with Gasteiger partial charge < -0.3 is 10.1 Å². The number of rotatable bonds is 1. The Balaban J connectivity index is 1.86. The number of methoxy groups -OCH3 is 1. The van der Waals surface area contributed by atoms with Crippen molar-refractivity contribution in [2.24, 2.45) is 5.92 Å². The number of benzene rings is 1. The topological polar surface area (TPSA) is 41.6 Å². The second-order valence-electron chi connectivity index (χ2n) is 7.24. The van der Waals surface area contributed by atoms with Crippen LogP contribution in [0.2, 0.25) is 0 Å². The molecular formula is C20H22N2O2. The van der Waals surface area contributed by atoms with E-state index in [4.69, 9.17) is 4.74 Å². The molecule has 2 saturated heterocycles. The van der Waals surface area contributed by atoms with Crippen molar-refractivity contribution in [3.63, 3.8) is 0 Å². The average molecular weight is 322 g/mol. The minimum Gasteiger partial charge on any atom is -0.466 e. The largest absolute Gasteiger partial charge is 0.466 e. The molecule has 2 fully saturated rings. The number of carbonyl (C=O) groups is 1. The molecule has 1 N–H and O–H groups in total. The van der Waals surface area contributed by atoms with Gasteiger partial charge in [-0.3, -0.25) is 4.90 Å². The molecule has 4 heteroatoms. The fourth-order valence-electron chi connectivity index (χ4n) is 5.70. The Labute approximate surface area is 142 Å². The number of anilines is 1. The molecule has 4 nitrogen and oxygen atoms in total. The number of nitrogens with zero attached hydrogens (tertiary/aromatic N) is 1. The zero-order valence-corrected chi connectivity index (χ0v) is 14.1. The van der Waals surface area contributed by atoms with E-state index in [0.29, 0.717) is 6.04 Å². The number of hydrogen-bond donors (Lipinski definition) is 1. The average Bonchev–Trinajstić information content (AvgIpc) is 3.17. The van der Waals surface area contributed by atoms with Gasteiger partial charge in [0.2, 0.25) is 0 Å². The van der Waals surface area contributed by atoms with Gasteiger partial charge in [-0.1, -0.05) is 24.3 Å². The molecular weight excluding hydrogens is 300 g/mol. The monoisotopic (exact) mass is 322 g/mol. The molecule has 0 radical (unpaired) electrons. The summed E-state index contributed by atoms with van der Waals surface area (Å²) in [5.41, 5.74) is 5.76. The van der Waals surface area contributed by atoms with Crippen molar-refractivity contribution in [1.82, 2.24) is 4.90 Å². The van der Waals surface area contributed by atoms with Crippen LogP contribution in [0.5, 0.6) is 0 Å². The molecule has 2 bridgehead atoms. The molecule has 3 atom stereocenters. The highest BCUT2D eigenvalue weighted by Gasteiger charge is 2.63. The Morgan fingerprint density at radius 1 is 1.38 bits per heavy atom. The number of carbonyl (C=O) groups excluding carboxylic acids is 1. The minimum absolute atomic E-state index is 0.112. The van der Waals surface area contributed by atoms with Crippen LogP contribution in [0.3, 0.4) is 0 Å². The van der Waals surface area contributed by atoms with Gasteiger partial charge in [0.25, 0.3) is 0 Å². The lowest BCUT2D eigenvalue weighted by Gasteiger charge is -2.49. The van der Waals surface area contributed by atoms with Crippen molar-refractivity contribution in [1.29, 1.82) is 0 Å². The van der Waals surface area contributed by atoms with Crippen LogP contribution < -0.4 is 5.32 Å². The summed E-state index contributed by atoms with van der Waals surface area (Å²) in [6, 6.07) is 8.92. The summed E-state index contributed by atoms with van der Waals surface area (Å²) in [5.74, 6) is 0.0135. The van der Waals surface area contributed by atoms with Gasteiger partial charge in [0.05, 0.1) is 18.1 Å². The molecule has 1 spiro atoms. The minimum atomic E-state index is -0.173. The van der Waals surface area contributed by atoms with Crippen LogP contribution in [-0.4, -0.2) is 37.1 Å². The lowest BCUT2D eigenvalue weighted by molar-refractivity contribution is -0.137. The van der Waals surface area contributed by atoms with Crippen molar-refractivity contribution in [3.8, 4) is 0 Å². The molecule has 0 amide bonds. The highest BCUT2D eigenvalue weighted by molar-refractivity contribution is 5.94. The summed E-state index contributed by atoms with van der Waals surface area (Å²) in [6.45, 7) is 4.26. The molecule has 5 rings (SSSR count). The lowest BCUT2D eigenvalue weighted by Crippen LogP contribution is -2.54. The second kappa shape index (κ2) is 4.73. The van der Waals surface area contributed by atoms with E-state index in [9.17, 15) is 4.79 Å². The highest BCUT2D eigenvalue weighted by atomic mass is 16.5. The zero-order valence-electron chi connectivity index (χ0n) is 14.1. The fourth-order valence-corrected chi connectivity index (χ4v) is 5.70. The number of piperidine rings is 1. The quantitative estimate of drug-likeness (QED) is 0.638. The van der Waals surface area contributed by atoms with Crippen LogP contribution >= 0.6 is 0 Å². The van der Waals surface area contributed by atoms with Crippen molar-refractivity contribution in [2.75, 3.05) is 25.5 Å². The summed E-state index contributed by atoms with van der Waals surface area (Å²) in [7, 11) is 1.50. The third-order valence-corrected chi connectivity index (χ3v) is 6.52. The number of para-hydroxylation sites is 1. The van der Waals surface area contributed by atoms with E-state index in [-0.39, 0.29) is 17.3 Å². The molecule has 3 aliphatic heterocycles. The molecule has 24 heavy (non-hydrogen) atoms. The van der Waals surface area contributed by atoms with E-state index >= 15 is 0 Å². The number of fused-ring (bicyclic) bond motifs is 2. The van der Waals surface area contributed by atoms with E-state index in [1.807, 2.05) is 0 Å². The summed E-state index contributed by atoms with van der Waals surface area (Å²) >= 11 is 0. The number of esters is 1. The maximum atomic E-state index is 12.7. The van der Waals surface area contributed by atoms with Gasteiger partial charge in [-0.15, -0.1) is 0 Å². The van der Waals surface area contributed by atoms with Gasteiger partial charge in [0, 0.05) is 29.9 Å². The summed E-state index contributed by atoms with van der Waals surface area (Å²) in [4.78, 5) is 15.3. The molecule has 3 heterocycles. The van der Waals surface area contributed by atoms with Crippen LogP contribution in [0.1, 0.15) is 25.3 Å². The van der Waals surface area contributed by atoms with Crippen molar-refractivity contribution in [3.05, 3.63) is 52.7 Å². The van der Waals surface area contributed by atoms with E-state index in [2.05, 4.69) is 47.5 Å². The molecule has 1 aliphatic carbocycles. The van der Waals surface area contributed by atoms with Gasteiger partial charge in [-0.2, -0.15) is 0 Å². The predicted molar refractivity (Wildman–Crippen MR) is 92.6 cm³/mol. The van der Waals surface area contributed by atoms with Crippen LogP contribution in [0.25, 0.3) is 0 Å². The van der Waals surface area contributed by atoms with Gasteiger partial charge in [0.15, 0.2) is 0 Å². The van der Waals surface area contributed by atoms with Gasteiger partial charge in [-0.25, -0.2) is 4.79 Å². The molecule has 0 saturated carbocycles. The smallest absolute Gasteiger partial charge is 0.336 e. The Hall–Kier alpha value is -2.07. The van der Waals surface area contributed by atoms with Crippen molar-refractivity contribution >= 4 is 11.7 Å². The first-order valence-corrected chi connectivity index (χ1v) is 8.82. The van der Waals surface area contributed by atoms with E-state index in [0.717, 1.165) is 42.9 Å². The SMILES string of the molecule is CC=C1[C@@H]2CCN3CC[C@]4(C(=C2C(=O)OC)Nc2ccccc24)[C@@H]13. The summed E-state index contributed by atoms with van der Waals surface area (Å²) in [5, 5.41) is 3.62. The number of nitrogens with one attached hydrogen (secondary N) is 1. The van der Waals surface area contributed by atoms with E-state index in [1.54, 1.807) is 0 Å². The molecule has 0 aromatic heterocycles. The second-order valence-corrected chi connectivity index (χ2v) is 7.24. The molecule has 4 aliphatic rings. The number of ether oxygens (including phenoxy) is 1. The molecule has 1 aromatic rings. The number of allylic oxidation sites excluding steroid dienone is 1. The first-order chi connectivity index (χ1) is 11.7. The maximum absolute atomic E-state index is 12.7. The van der Waals surface area contributed by atoms with Gasteiger partial charge >= 0.3 is 5.97 Å². The standard InChI is InChI=1S/C20H22N2O2/c1-3-12-13-8-10-22-11-9-20(18(12)22)14-6-4-5-7-15(14)21-17(20)16(13)19(23)24-2/h3-7,13,18,21H,8-11H2,1-2H3/t13-,18+,20-/m0/s1. The van der Waals surface area contributed by atoms with Crippen LogP contribution in [-0.2, 0) is 14.9 Å². The number of hydrogen-bond acceptors (Lipinski definition) is 4. The predicted octanol–water partition coefficient (Wildman–Crippen LogP) is 2.83. The molecule has 1 aromatic carbocycles. The van der Waals surface area contributed by atoms with Crippen molar-refractivity contribution < 1.29 is 9.53 Å².